The fourth-order valence-corrected chi connectivity index (χ4v) is 1.77. The number of hydrogen-bond acceptors (Lipinski definition) is 2. The van der Waals surface area contributed by atoms with Gasteiger partial charge in [0.1, 0.15) is 0 Å². The molecule has 2 rings (SSSR count). The molecule has 1 aromatic rings. The van der Waals surface area contributed by atoms with E-state index < -0.39 is 0 Å². The van der Waals surface area contributed by atoms with Crippen molar-refractivity contribution in [2.75, 3.05) is 0 Å². The summed E-state index contributed by atoms with van der Waals surface area (Å²) in [6.45, 7) is 0. The molecule has 1 aliphatic rings. The Morgan fingerprint density at radius 3 is 2.87 bits per heavy atom. The minimum atomic E-state index is 0.706. The lowest BCUT2D eigenvalue weighted by molar-refractivity contribution is 0.979. The van der Waals surface area contributed by atoms with E-state index in [2.05, 4.69) is 11.1 Å². The number of pyridine rings is 1. The van der Waals surface area contributed by atoms with Gasteiger partial charge in [0, 0.05) is 22.4 Å². The quantitative estimate of drug-likeness (QED) is 0.723. The van der Waals surface area contributed by atoms with Crippen molar-refractivity contribution in [2.45, 2.75) is 12.8 Å². The predicted octanol–water partition coefficient (Wildman–Crippen LogP) is 3.28. The van der Waals surface area contributed by atoms with Gasteiger partial charge in [-0.05, 0) is 31.1 Å². The first-order valence-corrected chi connectivity index (χ1v) is 5.10. The summed E-state index contributed by atoms with van der Waals surface area (Å²) in [4.78, 5) is 4.22. The number of aromatic nitrogens is 1. The molecule has 1 heterocycles. The maximum atomic E-state index is 9.00. The second-order valence-electron chi connectivity index (χ2n) is 3.31. The highest BCUT2D eigenvalue weighted by Crippen LogP contribution is 2.30. The van der Waals surface area contributed by atoms with Gasteiger partial charge in [0.25, 0.3) is 0 Å². The Balaban J connectivity index is 2.51. The highest BCUT2D eigenvalue weighted by Gasteiger charge is 2.14. The van der Waals surface area contributed by atoms with Crippen LogP contribution in [0.2, 0.25) is 0 Å². The van der Waals surface area contributed by atoms with Crippen molar-refractivity contribution in [3.05, 3.63) is 46.8 Å². The Bertz CT molecular complexity index is 466. The number of hydrogen-bond donors (Lipinski definition) is 0. The Hall–Kier alpha value is -1.59. The third-order valence-electron chi connectivity index (χ3n) is 2.32. The zero-order chi connectivity index (χ0) is 10.7. The molecule has 2 nitrogen and oxygen atoms in total. The number of nitriles is 1. The SMILES string of the molecule is N#CC1=C(c2ccccn2)C=C(Cl)CC1. The van der Waals surface area contributed by atoms with Crippen LogP contribution in [0.15, 0.2) is 41.1 Å². The molecule has 0 radical (unpaired) electrons. The van der Waals surface area contributed by atoms with Gasteiger partial charge in [-0.1, -0.05) is 17.7 Å². The topological polar surface area (TPSA) is 36.7 Å². The molecule has 15 heavy (non-hydrogen) atoms. The molecule has 0 spiro atoms. The largest absolute Gasteiger partial charge is 0.256 e. The summed E-state index contributed by atoms with van der Waals surface area (Å²) < 4.78 is 0. The van der Waals surface area contributed by atoms with Gasteiger partial charge in [-0.2, -0.15) is 5.26 Å². The lowest BCUT2D eigenvalue weighted by Gasteiger charge is -2.12. The van der Waals surface area contributed by atoms with Crippen molar-refractivity contribution >= 4 is 17.2 Å². The van der Waals surface area contributed by atoms with Gasteiger partial charge in [0.15, 0.2) is 0 Å². The molecule has 0 saturated heterocycles. The van der Waals surface area contributed by atoms with Crippen molar-refractivity contribution in [2.24, 2.45) is 0 Å². The van der Waals surface area contributed by atoms with Gasteiger partial charge >= 0.3 is 0 Å². The molecule has 1 aromatic heterocycles. The molecule has 0 atom stereocenters. The smallest absolute Gasteiger partial charge is 0.0954 e. The second-order valence-corrected chi connectivity index (χ2v) is 3.80. The summed E-state index contributed by atoms with van der Waals surface area (Å²) in [5.41, 5.74) is 2.43. The normalized spacial score (nSPS) is 15.9. The summed E-state index contributed by atoms with van der Waals surface area (Å²) in [6.07, 6.45) is 5.01. The van der Waals surface area contributed by atoms with E-state index in [0.717, 1.165) is 28.3 Å². The van der Waals surface area contributed by atoms with Crippen molar-refractivity contribution < 1.29 is 0 Å². The highest BCUT2D eigenvalue weighted by molar-refractivity contribution is 6.30. The minimum absolute atomic E-state index is 0.706. The van der Waals surface area contributed by atoms with Crippen LogP contribution in [-0.2, 0) is 0 Å². The fraction of sp³-hybridized carbons (Fsp3) is 0.167. The molecule has 0 saturated carbocycles. The van der Waals surface area contributed by atoms with Gasteiger partial charge in [0.2, 0.25) is 0 Å². The highest BCUT2D eigenvalue weighted by atomic mass is 35.5. The predicted molar refractivity (Wildman–Crippen MR) is 59.9 cm³/mol. The van der Waals surface area contributed by atoms with Crippen molar-refractivity contribution in [3.63, 3.8) is 0 Å². The lowest BCUT2D eigenvalue weighted by atomic mass is 9.96. The van der Waals surface area contributed by atoms with E-state index in [0.29, 0.717) is 6.42 Å². The standard InChI is InChI=1S/C12H9ClN2/c13-10-5-4-9(8-14)11(7-10)12-3-1-2-6-15-12/h1-3,6-7H,4-5H2. The van der Waals surface area contributed by atoms with E-state index >= 15 is 0 Å². The second kappa shape index (κ2) is 4.29. The first kappa shape index (κ1) is 9.95. The van der Waals surface area contributed by atoms with Crippen LogP contribution in [0.1, 0.15) is 18.5 Å². The molecule has 0 fully saturated rings. The Morgan fingerprint density at radius 1 is 1.33 bits per heavy atom. The van der Waals surface area contributed by atoms with Gasteiger partial charge in [-0.3, -0.25) is 4.98 Å². The lowest BCUT2D eigenvalue weighted by Crippen LogP contribution is -1.97. The summed E-state index contributed by atoms with van der Waals surface area (Å²) in [5.74, 6) is 0. The fourth-order valence-electron chi connectivity index (χ4n) is 1.56. The molecule has 0 amide bonds. The van der Waals surface area contributed by atoms with Gasteiger partial charge in [-0.15, -0.1) is 0 Å². The average Bonchev–Trinajstić information content (AvgIpc) is 2.30. The molecular formula is C12H9ClN2. The van der Waals surface area contributed by atoms with E-state index in [1.807, 2.05) is 24.3 Å². The summed E-state index contributed by atoms with van der Waals surface area (Å²) in [5, 5.41) is 9.79. The van der Waals surface area contributed by atoms with Crippen LogP contribution in [0.3, 0.4) is 0 Å². The molecule has 3 heteroatoms. The van der Waals surface area contributed by atoms with E-state index in [4.69, 9.17) is 16.9 Å². The summed E-state index contributed by atoms with van der Waals surface area (Å²) in [7, 11) is 0. The number of rotatable bonds is 1. The van der Waals surface area contributed by atoms with E-state index in [-0.39, 0.29) is 0 Å². The molecule has 0 aliphatic heterocycles. The van der Waals surface area contributed by atoms with Crippen LogP contribution >= 0.6 is 11.6 Å². The number of halogens is 1. The molecule has 0 aromatic carbocycles. The van der Waals surface area contributed by atoms with Crippen LogP contribution in [-0.4, -0.2) is 4.98 Å². The van der Waals surface area contributed by atoms with Crippen LogP contribution in [0.25, 0.3) is 5.57 Å². The number of nitrogens with zero attached hydrogens (tertiary/aromatic N) is 2. The van der Waals surface area contributed by atoms with Gasteiger partial charge < -0.3 is 0 Å². The Labute approximate surface area is 93.5 Å². The Kier molecular flexibility index (Phi) is 2.84. The molecule has 74 valence electrons. The molecule has 0 bridgehead atoms. The summed E-state index contributed by atoms with van der Waals surface area (Å²) in [6, 6.07) is 7.85. The van der Waals surface area contributed by atoms with Gasteiger partial charge in [0.05, 0.1) is 11.8 Å². The van der Waals surface area contributed by atoms with E-state index in [1.54, 1.807) is 6.20 Å². The number of allylic oxidation sites excluding steroid dienone is 4. The molecule has 1 aliphatic carbocycles. The Morgan fingerprint density at radius 2 is 2.20 bits per heavy atom. The molecular weight excluding hydrogens is 208 g/mol. The minimum Gasteiger partial charge on any atom is -0.256 e. The molecule has 0 unspecified atom stereocenters. The first-order chi connectivity index (χ1) is 7.31. The van der Waals surface area contributed by atoms with E-state index in [9.17, 15) is 0 Å². The third kappa shape index (κ3) is 2.08. The molecule has 0 N–H and O–H groups in total. The van der Waals surface area contributed by atoms with Crippen LogP contribution < -0.4 is 0 Å². The monoisotopic (exact) mass is 216 g/mol. The zero-order valence-electron chi connectivity index (χ0n) is 8.07. The first-order valence-electron chi connectivity index (χ1n) is 4.72. The summed E-state index contributed by atoms with van der Waals surface area (Å²) >= 11 is 5.97. The third-order valence-corrected chi connectivity index (χ3v) is 2.61. The zero-order valence-corrected chi connectivity index (χ0v) is 8.83. The van der Waals surface area contributed by atoms with Crippen LogP contribution in [0.4, 0.5) is 0 Å². The van der Waals surface area contributed by atoms with Crippen molar-refractivity contribution in [3.8, 4) is 6.07 Å². The van der Waals surface area contributed by atoms with Crippen molar-refractivity contribution in [1.29, 1.82) is 5.26 Å². The van der Waals surface area contributed by atoms with Crippen molar-refractivity contribution in [1.82, 2.24) is 4.98 Å². The van der Waals surface area contributed by atoms with E-state index in [1.165, 1.54) is 0 Å². The maximum absolute atomic E-state index is 9.00. The van der Waals surface area contributed by atoms with Gasteiger partial charge in [-0.25, -0.2) is 0 Å². The van der Waals surface area contributed by atoms with Crippen LogP contribution in [0.5, 0.6) is 0 Å². The maximum Gasteiger partial charge on any atom is 0.0954 e. The average molecular weight is 217 g/mol. The van der Waals surface area contributed by atoms with Crippen LogP contribution in [0, 0.1) is 11.3 Å².